The lowest BCUT2D eigenvalue weighted by molar-refractivity contribution is -0.116. The highest BCUT2D eigenvalue weighted by atomic mass is 127. The summed E-state index contributed by atoms with van der Waals surface area (Å²) in [7, 11) is 0. The third-order valence-corrected chi connectivity index (χ3v) is 7.63. The van der Waals surface area contributed by atoms with Gasteiger partial charge in [-0.3, -0.25) is 4.79 Å². The molecule has 1 heterocycles. The Morgan fingerprint density at radius 3 is 2.48 bits per heavy atom. The molecular formula is C26H24BrIN2O2S. The number of hydrogen-bond acceptors (Lipinski definition) is 4. The lowest BCUT2D eigenvalue weighted by Gasteiger charge is -2.13. The van der Waals surface area contributed by atoms with E-state index >= 15 is 0 Å². The average Bonchev–Trinajstić information content (AvgIpc) is 3.13. The van der Waals surface area contributed by atoms with Gasteiger partial charge >= 0.3 is 0 Å². The molecule has 0 spiro atoms. The van der Waals surface area contributed by atoms with Gasteiger partial charge in [-0.05, 0) is 98.9 Å². The fourth-order valence-corrected chi connectivity index (χ4v) is 6.10. The number of benzene rings is 3. The van der Waals surface area contributed by atoms with Gasteiger partial charge in [-0.1, -0.05) is 60.6 Å². The summed E-state index contributed by atoms with van der Waals surface area (Å²) in [6.45, 7) is 4.71. The predicted molar refractivity (Wildman–Crippen MR) is 149 cm³/mol. The predicted octanol–water partition coefficient (Wildman–Crippen LogP) is 7.10. The molecule has 1 aliphatic heterocycles. The van der Waals surface area contributed by atoms with Gasteiger partial charge in [0, 0.05) is 5.69 Å². The second kappa shape index (κ2) is 11.0. The third kappa shape index (κ3) is 6.33. The minimum absolute atomic E-state index is 0.0755. The van der Waals surface area contributed by atoms with Crippen molar-refractivity contribution in [3.63, 3.8) is 0 Å². The van der Waals surface area contributed by atoms with E-state index in [0.29, 0.717) is 11.5 Å². The molecule has 3 aromatic carbocycles. The Morgan fingerprint density at radius 2 is 1.82 bits per heavy atom. The van der Waals surface area contributed by atoms with Gasteiger partial charge in [0.2, 0.25) is 0 Å². The van der Waals surface area contributed by atoms with Crippen LogP contribution < -0.4 is 15.4 Å². The molecule has 0 unspecified atom stereocenters. The zero-order valence-electron chi connectivity index (χ0n) is 18.3. The molecule has 0 aliphatic carbocycles. The fourth-order valence-electron chi connectivity index (χ4n) is 3.35. The maximum atomic E-state index is 12.5. The van der Waals surface area contributed by atoms with E-state index in [4.69, 9.17) is 4.74 Å². The minimum Gasteiger partial charge on any atom is -0.487 e. The summed E-state index contributed by atoms with van der Waals surface area (Å²) in [5, 5.41) is 6.36. The Balaban J connectivity index is 1.43. The van der Waals surface area contributed by atoms with E-state index in [0.717, 1.165) is 37.0 Å². The second-order valence-electron chi connectivity index (χ2n) is 7.76. The highest BCUT2D eigenvalue weighted by Crippen LogP contribution is 2.35. The lowest BCUT2D eigenvalue weighted by Crippen LogP contribution is -2.30. The Bertz CT molecular complexity index is 1160. The topological polar surface area (TPSA) is 50.4 Å². The lowest BCUT2D eigenvalue weighted by atomic mass is 10.1. The Hall–Kier alpha value is -1.97. The minimum atomic E-state index is -0.198. The van der Waals surface area contributed by atoms with Crippen LogP contribution in [0.5, 0.6) is 5.75 Å². The van der Waals surface area contributed by atoms with E-state index in [-0.39, 0.29) is 11.4 Å². The molecule has 4 rings (SSSR count). The first-order chi connectivity index (χ1) is 15.9. The quantitative estimate of drug-likeness (QED) is 0.215. The van der Waals surface area contributed by atoms with Crippen LogP contribution in [-0.2, 0) is 17.8 Å². The van der Waals surface area contributed by atoms with Gasteiger partial charge in [-0.25, -0.2) is 0 Å². The molecule has 0 radical (unpaired) electrons. The summed E-state index contributed by atoms with van der Waals surface area (Å²) in [5.41, 5.74) is 5.37. The molecule has 1 saturated heterocycles. The summed E-state index contributed by atoms with van der Waals surface area (Å²) in [4.78, 5) is 13.2. The molecule has 33 heavy (non-hydrogen) atoms. The van der Waals surface area contributed by atoms with Gasteiger partial charge in [0.15, 0.2) is 5.50 Å². The summed E-state index contributed by atoms with van der Waals surface area (Å²) in [6, 6.07) is 20.6. The van der Waals surface area contributed by atoms with Gasteiger partial charge in [-0.15, -0.1) is 0 Å². The molecule has 1 amide bonds. The van der Waals surface area contributed by atoms with Crippen molar-refractivity contribution < 1.29 is 9.53 Å². The van der Waals surface area contributed by atoms with Crippen molar-refractivity contribution in [3.05, 3.63) is 95.9 Å². The molecule has 7 heteroatoms. The van der Waals surface area contributed by atoms with E-state index in [1.165, 1.54) is 22.9 Å². The molecule has 3 aromatic rings. The number of carbonyl (C=O) groups is 1. The van der Waals surface area contributed by atoms with Crippen molar-refractivity contribution in [2.45, 2.75) is 32.4 Å². The van der Waals surface area contributed by atoms with Crippen LogP contribution in [0.25, 0.3) is 6.08 Å². The van der Waals surface area contributed by atoms with Crippen molar-refractivity contribution in [1.82, 2.24) is 5.32 Å². The van der Waals surface area contributed by atoms with Crippen LogP contribution in [0.15, 0.2) is 70.0 Å². The van der Waals surface area contributed by atoms with Gasteiger partial charge in [0.05, 0.1) is 12.9 Å². The zero-order valence-corrected chi connectivity index (χ0v) is 22.9. The SMILES string of the molecule is CCc1ccc(N[C@@H]2NC(=O)/C(=C/c3cc(Br)c(OCc4ccc(C)cc4)c(I)c3)S2)cc1. The summed E-state index contributed by atoms with van der Waals surface area (Å²) < 4.78 is 7.91. The van der Waals surface area contributed by atoms with Crippen LogP contribution in [0.4, 0.5) is 5.69 Å². The number of anilines is 1. The van der Waals surface area contributed by atoms with Crippen LogP contribution in [0.1, 0.15) is 29.2 Å². The number of ether oxygens (including phenoxy) is 1. The first kappa shape index (κ1) is 24.2. The first-order valence-corrected chi connectivity index (χ1v) is 13.4. The monoisotopic (exact) mass is 634 g/mol. The van der Waals surface area contributed by atoms with E-state index in [2.05, 4.69) is 99.4 Å². The van der Waals surface area contributed by atoms with Crippen LogP contribution in [-0.4, -0.2) is 11.4 Å². The summed E-state index contributed by atoms with van der Waals surface area (Å²) in [6.07, 6.45) is 2.92. The number of amides is 1. The standard InChI is InChI=1S/C26H24BrIN2O2S/c1-3-17-8-10-20(11-9-17)29-26-30-25(31)23(33-26)14-19-12-21(27)24(22(28)13-19)32-15-18-6-4-16(2)5-7-18/h4-14,26,29H,3,15H2,1-2H3,(H,30,31)/b23-14-/t26-/m1/s1. The second-order valence-corrected chi connectivity index (χ2v) is 10.9. The molecule has 4 nitrogen and oxygen atoms in total. The Kier molecular flexibility index (Phi) is 8.03. The molecule has 170 valence electrons. The zero-order chi connectivity index (χ0) is 23.4. The van der Waals surface area contributed by atoms with Crippen molar-refractivity contribution >= 4 is 68.0 Å². The molecular weight excluding hydrogens is 611 g/mol. The van der Waals surface area contributed by atoms with Crippen LogP contribution >= 0.6 is 50.3 Å². The maximum Gasteiger partial charge on any atom is 0.260 e. The summed E-state index contributed by atoms with van der Waals surface area (Å²) in [5.74, 6) is 0.727. The Labute approximate surface area is 220 Å². The van der Waals surface area contributed by atoms with Crippen molar-refractivity contribution in [2.75, 3.05) is 5.32 Å². The number of nitrogens with one attached hydrogen (secondary N) is 2. The molecule has 0 saturated carbocycles. The Morgan fingerprint density at radius 1 is 1.12 bits per heavy atom. The fraction of sp³-hybridized carbons (Fsp3) is 0.192. The van der Waals surface area contributed by atoms with Crippen LogP contribution in [0.2, 0.25) is 0 Å². The molecule has 1 atom stereocenters. The third-order valence-electron chi connectivity index (χ3n) is 5.21. The molecule has 1 aliphatic rings. The normalized spacial score (nSPS) is 16.7. The smallest absolute Gasteiger partial charge is 0.260 e. The van der Waals surface area contributed by atoms with E-state index in [1.807, 2.05) is 30.3 Å². The van der Waals surface area contributed by atoms with Gasteiger partial charge < -0.3 is 15.4 Å². The average molecular weight is 635 g/mol. The molecule has 0 bridgehead atoms. The molecule has 0 aromatic heterocycles. The number of thioether (sulfide) groups is 1. The van der Waals surface area contributed by atoms with Gasteiger partial charge in [-0.2, -0.15) is 0 Å². The van der Waals surface area contributed by atoms with Crippen LogP contribution in [0.3, 0.4) is 0 Å². The highest BCUT2D eigenvalue weighted by molar-refractivity contribution is 14.1. The number of rotatable bonds is 7. The van der Waals surface area contributed by atoms with Gasteiger partial charge in [0.25, 0.3) is 5.91 Å². The number of halogens is 2. The largest absolute Gasteiger partial charge is 0.487 e. The number of aryl methyl sites for hydroxylation is 2. The number of carbonyl (C=O) groups excluding carboxylic acids is 1. The first-order valence-electron chi connectivity index (χ1n) is 10.6. The molecule has 1 fully saturated rings. The van der Waals surface area contributed by atoms with Crippen molar-refractivity contribution in [2.24, 2.45) is 0 Å². The number of hydrogen-bond donors (Lipinski definition) is 2. The summed E-state index contributed by atoms with van der Waals surface area (Å²) >= 11 is 7.39. The van der Waals surface area contributed by atoms with Gasteiger partial charge in [0.1, 0.15) is 12.4 Å². The maximum absolute atomic E-state index is 12.5. The van der Waals surface area contributed by atoms with E-state index < -0.39 is 0 Å². The van der Waals surface area contributed by atoms with E-state index in [9.17, 15) is 4.79 Å². The van der Waals surface area contributed by atoms with Crippen LogP contribution in [0, 0.1) is 10.5 Å². The highest BCUT2D eigenvalue weighted by Gasteiger charge is 2.27. The van der Waals surface area contributed by atoms with Crippen molar-refractivity contribution in [3.8, 4) is 5.75 Å². The molecule has 2 N–H and O–H groups in total. The van der Waals surface area contributed by atoms with E-state index in [1.54, 1.807) is 0 Å². The van der Waals surface area contributed by atoms with Crippen molar-refractivity contribution in [1.29, 1.82) is 0 Å².